The normalized spacial score (nSPS) is 17.9. The van der Waals surface area contributed by atoms with Crippen LogP contribution in [0.2, 0.25) is 0 Å². The summed E-state index contributed by atoms with van der Waals surface area (Å²) in [7, 11) is 0. The molecule has 2 heterocycles. The van der Waals surface area contributed by atoms with E-state index < -0.39 is 5.63 Å². The number of carbonyl (C=O) groups excluding carboxylic acids is 1. The van der Waals surface area contributed by atoms with Crippen LogP contribution in [0.3, 0.4) is 0 Å². The number of likely N-dealkylation sites (tertiary alicyclic amines) is 1. The van der Waals surface area contributed by atoms with Gasteiger partial charge in [-0.1, -0.05) is 15.9 Å². The molecule has 0 bridgehead atoms. The van der Waals surface area contributed by atoms with Crippen LogP contribution in [0, 0.1) is 6.92 Å². The zero-order valence-corrected chi connectivity index (χ0v) is 15.1. The zero-order valence-electron chi connectivity index (χ0n) is 12.7. The number of halogens is 2. The van der Waals surface area contributed by atoms with Gasteiger partial charge in [-0.25, -0.2) is 4.79 Å². The van der Waals surface area contributed by atoms with E-state index in [-0.39, 0.29) is 29.9 Å². The molecule has 124 valence electrons. The monoisotopic (exact) mass is 400 g/mol. The molecule has 1 saturated heterocycles. The van der Waals surface area contributed by atoms with Gasteiger partial charge in [0.15, 0.2) is 0 Å². The van der Waals surface area contributed by atoms with Gasteiger partial charge < -0.3 is 15.1 Å². The summed E-state index contributed by atoms with van der Waals surface area (Å²) in [5.41, 5.74) is 6.58. The molecule has 1 aliphatic rings. The number of nitrogens with zero attached hydrogens (tertiary/aromatic N) is 1. The highest BCUT2D eigenvalue weighted by atomic mass is 79.9. The first-order valence-corrected chi connectivity index (χ1v) is 8.04. The second-order valence-corrected chi connectivity index (χ2v) is 6.60. The van der Waals surface area contributed by atoms with E-state index in [0.29, 0.717) is 24.2 Å². The van der Waals surface area contributed by atoms with Crippen molar-refractivity contribution >= 4 is 45.2 Å². The van der Waals surface area contributed by atoms with Crippen LogP contribution < -0.4 is 11.4 Å². The van der Waals surface area contributed by atoms with Gasteiger partial charge in [0.1, 0.15) is 11.1 Å². The second-order valence-electron chi connectivity index (χ2n) is 5.68. The molecule has 7 heteroatoms. The number of nitrogens with two attached hydrogens (primary N) is 1. The Bertz CT molecular complexity index is 806. The van der Waals surface area contributed by atoms with E-state index in [1.54, 1.807) is 24.0 Å². The number of rotatable bonds is 1. The van der Waals surface area contributed by atoms with Crippen LogP contribution in [0.4, 0.5) is 0 Å². The molecule has 5 nitrogen and oxygen atoms in total. The van der Waals surface area contributed by atoms with E-state index in [2.05, 4.69) is 15.9 Å². The first-order chi connectivity index (χ1) is 10.5. The highest BCUT2D eigenvalue weighted by molar-refractivity contribution is 9.10. The molecule has 23 heavy (non-hydrogen) atoms. The SMILES string of the molecule is Cc1c(C(=O)N2CCCC(N)C2)c(=O)oc2ccc(Br)cc12.Cl. The quantitative estimate of drug-likeness (QED) is 0.746. The van der Waals surface area contributed by atoms with Crippen molar-refractivity contribution in [2.24, 2.45) is 5.73 Å². The maximum absolute atomic E-state index is 12.7. The summed E-state index contributed by atoms with van der Waals surface area (Å²) in [6, 6.07) is 5.35. The molecule has 1 fully saturated rings. The summed E-state index contributed by atoms with van der Waals surface area (Å²) < 4.78 is 6.18. The Morgan fingerprint density at radius 3 is 2.87 bits per heavy atom. The third kappa shape index (κ3) is 3.44. The summed E-state index contributed by atoms with van der Waals surface area (Å²) >= 11 is 3.40. The van der Waals surface area contributed by atoms with Crippen LogP contribution in [0.1, 0.15) is 28.8 Å². The van der Waals surface area contributed by atoms with Gasteiger partial charge in [-0.2, -0.15) is 0 Å². The summed E-state index contributed by atoms with van der Waals surface area (Å²) in [5.74, 6) is -0.289. The molecule has 0 aliphatic carbocycles. The van der Waals surface area contributed by atoms with Gasteiger partial charge in [0.05, 0.1) is 0 Å². The topological polar surface area (TPSA) is 76.5 Å². The predicted molar refractivity (Wildman–Crippen MR) is 95.3 cm³/mol. The number of fused-ring (bicyclic) bond motifs is 1. The molecule has 1 aromatic carbocycles. The third-order valence-electron chi connectivity index (χ3n) is 4.09. The van der Waals surface area contributed by atoms with Crippen LogP contribution in [0.15, 0.2) is 31.9 Å². The molecule has 1 amide bonds. The summed E-state index contributed by atoms with van der Waals surface area (Å²) in [5, 5.41) is 0.763. The van der Waals surface area contributed by atoms with Crippen LogP contribution in [-0.4, -0.2) is 29.9 Å². The van der Waals surface area contributed by atoms with Crippen molar-refractivity contribution in [3.05, 3.63) is 44.2 Å². The lowest BCUT2D eigenvalue weighted by Crippen LogP contribution is -2.46. The first kappa shape index (κ1) is 18.0. The predicted octanol–water partition coefficient (Wildman–Crippen LogP) is 2.85. The van der Waals surface area contributed by atoms with Gasteiger partial charge in [0.25, 0.3) is 5.91 Å². The molecule has 1 unspecified atom stereocenters. The molecule has 0 spiro atoms. The van der Waals surface area contributed by atoms with E-state index in [4.69, 9.17) is 10.2 Å². The number of hydrogen-bond donors (Lipinski definition) is 1. The van der Waals surface area contributed by atoms with Gasteiger partial charge in [-0.05, 0) is 43.5 Å². The fourth-order valence-corrected chi connectivity index (χ4v) is 3.28. The van der Waals surface area contributed by atoms with E-state index in [0.717, 1.165) is 22.7 Å². The zero-order chi connectivity index (χ0) is 15.9. The lowest BCUT2D eigenvalue weighted by molar-refractivity contribution is 0.0704. The number of aryl methyl sites for hydroxylation is 1. The van der Waals surface area contributed by atoms with Gasteiger partial charge in [0.2, 0.25) is 0 Å². The summed E-state index contributed by atoms with van der Waals surface area (Å²) in [6.45, 7) is 2.89. The van der Waals surface area contributed by atoms with Crippen molar-refractivity contribution < 1.29 is 9.21 Å². The molecule has 1 aliphatic heterocycles. The Morgan fingerprint density at radius 1 is 1.43 bits per heavy atom. The van der Waals surface area contributed by atoms with Crippen molar-refractivity contribution in [1.82, 2.24) is 4.90 Å². The van der Waals surface area contributed by atoms with Gasteiger partial charge in [-0.3, -0.25) is 4.79 Å². The number of benzene rings is 1. The lowest BCUT2D eigenvalue weighted by Gasteiger charge is -2.30. The molecule has 0 saturated carbocycles. The highest BCUT2D eigenvalue weighted by Crippen LogP contribution is 2.24. The van der Waals surface area contributed by atoms with Crippen molar-refractivity contribution in [3.8, 4) is 0 Å². The van der Waals surface area contributed by atoms with Crippen molar-refractivity contribution in [3.63, 3.8) is 0 Å². The summed E-state index contributed by atoms with van der Waals surface area (Å²) in [4.78, 5) is 26.6. The average Bonchev–Trinajstić information content (AvgIpc) is 2.48. The maximum Gasteiger partial charge on any atom is 0.349 e. The fourth-order valence-electron chi connectivity index (χ4n) is 2.92. The smallest absolute Gasteiger partial charge is 0.349 e. The molecule has 1 atom stereocenters. The fraction of sp³-hybridized carbons (Fsp3) is 0.375. The van der Waals surface area contributed by atoms with Gasteiger partial charge in [-0.15, -0.1) is 12.4 Å². The third-order valence-corrected chi connectivity index (χ3v) is 4.58. The van der Waals surface area contributed by atoms with E-state index in [1.807, 2.05) is 6.07 Å². The second kappa shape index (κ2) is 7.03. The highest BCUT2D eigenvalue weighted by Gasteiger charge is 2.27. The Kier molecular flexibility index (Phi) is 5.49. The Morgan fingerprint density at radius 2 is 2.17 bits per heavy atom. The molecule has 3 rings (SSSR count). The average molecular weight is 402 g/mol. The van der Waals surface area contributed by atoms with E-state index in [9.17, 15) is 9.59 Å². The van der Waals surface area contributed by atoms with Crippen molar-refractivity contribution in [2.45, 2.75) is 25.8 Å². The number of amides is 1. The largest absolute Gasteiger partial charge is 0.422 e. The Labute approximate surface area is 148 Å². The Hall–Kier alpha value is -1.37. The van der Waals surface area contributed by atoms with Crippen molar-refractivity contribution in [1.29, 1.82) is 0 Å². The number of hydrogen-bond acceptors (Lipinski definition) is 4. The van der Waals surface area contributed by atoms with Gasteiger partial charge in [0, 0.05) is 29.0 Å². The standard InChI is InChI=1S/C16H17BrN2O3.ClH/c1-9-12-7-10(17)4-5-13(12)22-16(21)14(9)15(20)19-6-2-3-11(18)8-19;/h4-5,7,11H,2-3,6,8,18H2,1H3;1H. The van der Waals surface area contributed by atoms with Crippen LogP contribution >= 0.6 is 28.3 Å². The maximum atomic E-state index is 12.7. The van der Waals surface area contributed by atoms with Crippen LogP contribution in [-0.2, 0) is 0 Å². The van der Waals surface area contributed by atoms with E-state index >= 15 is 0 Å². The minimum atomic E-state index is -0.587. The van der Waals surface area contributed by atoms with Crippen LogP contribution in [0.25, 0.3) is 11.0 Å². The van der Waals surface area contributed by atoms with Gasteiger partial charge >= 0.3 is 5.63 Å². The molecule has 1 aromatic heterocycles. The molecular weight excluding hydrogens is 384 g/mol. The Balaban J connectivity index is 0.00000192. The summed E-state index contributed by atoms with van der Waals surface area (Å²) in [6.07, 6.45) is 1.76. The molecular formula is C16H18BrClN2O3. The minimum Gasteiger partial charge on any atom is -0.422 e. The number of piperidine rings is 1. The molecule has 2 N–H and O–H groups in total. The van der Waals surface area contributed by atoms with Crippen LogP contribution in [0.5, 0.6) is 0 Å². The minimum absolute atomic E-state index is 0. The van der Waals surface area contributed by atoms with E-state index in [1.165, 1.54) is 0 Å². The lowest BCUT2D eigenvalue weighted by atomic mass is 10.0. The number of carbonyl (C=O) groups is 1. The first-order valence-electron chi connectivity index (χ1n) is 7.25. The molecule has 2 aromatic rings. The van der Waals surface area contributed by atoms with Crippen molar-refractivity contribution in [2.75, 3.05) is 13.1 Å². The molecule has 0 radical (unpaired) electrons.